The fourth-order valence-corrected chi connectivity index (χ4v) is 3.21. The van der Waals surface area contributed by atoms with Gasteiger partial charge in [0.1, 0.15) is 0 Å². The van der Waals surface area contributed by atoms with Crippen molar-refractivity contribution in [1.82, 2.24) is 5.32 Å². The predicted molar refractivity (Wildman–Crippen MR) is 86.4 cm³/mol. The lowest BCUT2D eigenvalue weighted by Crippen LogP contribution is -2.52. The van der Waals surface area contributed by atoms with Crippen molar-refractivity contribution in [3.05, 3.63) is 71.8 Å². The molecule has 0 unspecified atom stereocenters. The van der Waals surface area contributed by atoms with Gasteiger partial charge in [-0.25, -0.2) is 0 Å². The molecule has 1 heterocycles. The van der Waals surface area contributed by atoms with Crippen LogP contribution in [0.4, 0.5) is 0 Å². The molecule has 2 heteroatoms. The lowest BCUT2D eigenvalue weighted by molar-refractivity contribution is 0.0731. The highest BCUT2D eigenvalue weighted by Gasteiger charge is 2.35. The van der Waals surface area contributed by atoms with Crippen LogP contribution < -0.4 is 5.32 Å². The summed E-state index contributed by atoms with van der Waals surface area (Å²) < 4.78 is 0. The second-order valence-electron chi connectivity index (χ2n) is 6.18. The molecule has 1 fully saturated rings. The first-order valence-electron chi connectivity index (χ1n) is 7.73. The molecule has 3 rings (SSSR count). The van der Waals surface area contributed by atoms with E-state index in [0.717, 1.165) is 19.4 Å². The maximum atomic E-state index is 10.6. The van der Waals surface area contributed by atoms with Crippen molar-refractivity contribution in [1.29, 1.82) is 0 Å². The molecule has 2 atom stereocenters. The quantitative estimate of drug-likeness (QED) is 0.882. The van der Waals surface area contributed by atoms with Crippen LogP contribution in [0, 0.1) is 0 Å². The highest BCUT2D eigenvalue weighted by molar-refractivity contribution is 5.38. The van der Waals surface area contributed by atoms with Crippen molar-refractivity contribution in [2.24, 2.45) is 0 Å². The van der Waals surface area contributed by atoms with Crippen molar-refractivity contribution in [2.45, 2.75) is 37.3 Å². The zero-order valence-corrected chi connectivity index (χ0v) is 12.5. The Balaban J connectivity index is 1.94. The SMILES string of the molecule is CC(C[C@@H](O)[C@@H]1CCN1)(c1ccccc1)c1ccccc1. The van der Waals surface area contributed by atoms with Crippen LogP contribution in [0.5, 0.6) is 0 Å². The number of nitrogens with one attached hydrogen (secondary N) is 1. The Bertz CT molecular complexity index is 523. The van der Waals surface area contributed by atoms with E-state index in [2.05, 4.69) is 60.8 Å². The van der Waals surface area contributed by atoms with Crippen LogP contribution >= 0.6 is 0 Å². The molecule has 1 aliphatic rings. The number of aliphatic hydroxyl groups excluding tert-OH is 1. The zero-order chi connectivity index (χ0) is 14.7. The Morgan fingerprint density at radius 1 is 1.05 bits per heavy atom. The van der Waals surface area contributed by atoms with E-state index in [-0.39, 0.29) is 17.6 Å². The Morgan fingerprint density at radius 3 is 1.90 bits per heavy atom. The third kappa shape index (κ3) is 2.87. The first-order chi connectivity index (χ1) is 10.2. The molecular weight excluding hydrogens is 258 g/mol. The Morgan fingerprint density at radius 2 is 1.52 bits per heavy atom. The maximum Gasteiger partial charge on any atom is 0.0705 e. The van der Waals surface area contributed by atoms with Gasteiger partial charge in [-0.2, -0.15) is 0 Å². The normalized spacial score (nSPS) is 19.8. The molecule has 0 amide bonds. The third-order valence-electron chi connectivity index (χ3n) is 4.77. The van der Waals surface area contributed by atoms with Crippen LogP contribution in [0.2, 0.25) is 0 Å². The second-order valence-corrected chi connectivity index (χ2v) is 6.18. The highest BCUT2D eigenvalue weighted by Crippen LogP contribution is 2.37. The van der Waals surface area contributed by atoms with Crippen LogP contribution in [0.15, 0.2) is 60.7 Å². The van der Waals surface area contributed by atoms with Gasteiger partial charge in [-0.05, 0) is 30.5 Å². The minimum Gasteiger partial charge on any atom is -0.391 e. The van der Waals surface area contributed by atoms with Crippen molar-refractivity contribution in [3.8, 4) is 0 Å². The summed E-state index contributed by atoms with van der Waals surface area (Å²) in [6.07, 6.45) is 1.49. The zero-order valence-electron chi connectivity index (χ0n) is 12.5. The Hall–Kier alpha value is -1.64. The number of aliphatic hydroxyl groups is 1. The van der Waals surface area contributed by atoms with Gasteiger partial charge in [0.15, 0.2) is 0 Å². The smallest absolute Gasteiger partial charge is 0.0705 e. The van der Waals surface area contributed by atoms with Crippen LogP contribution in [0.1, 0.15) is 30.9 Å². The molecule has 1 aliphatic heterocycles. The van der Waals surface area contributed by atoms with Crippen molar-refractivity contribution < 1.29 is 5.11 Å². The van der Waals surface area contributed by atoms with Gasteiger partial charge < -0.3 is 10.4 Å². The lowest BCUT2D eigenvalue weighted by atomic mass is 9.71. The molecule has 110 valence electrons. The van der Waals surface area contributed by atoms with Crippen molar-refractivity contribution >= 4 is 0 Å². The van der Waals surface area contributed by atoms with E-state index in [1.54, 1.807) is 0 Å². The van der Waals surface area contributed by atoms with E-state index in [0.29, 0.717) is 0 Å². The number of benzene rings is 2. The molecule has 21 heavy (non-hydrogen) atoms. The summed E-state index contributed by atoms with van der Waals surface area (Å²) in [5, 5.41) is 13.9. The maximum absolute atomic E-state index is 10.6. The molecule has 2 aromatic rings. The van der Waals surface area contributed by atoms with Crippen LogP contribution in [0.25, 0.3) is 0 Å². The summed E-state index contributed by atoms with van der Waals surface area (Å²) in [7, 11) is 0. The van der Waals surface area contributed by atoms with Gasteiger partial charge in [0.2, 0.25) is 0 Å². The average molecular weight is 281 g/mol. The first kappa shape index (κ1) is 14.3. The molecule has 0 saturated carbocycles. The van der Waals surface area contributed by atoms with E-state index in [1.165, 1.54) is 11.1 Å². The van der Waals surface area contributed by atoms with Crippen LogP contribution in [-0.4, -0.2) is 23.8 Å². The summed E-state index contributed by atoms with van der Waals surface area (Å²) in [4.78, 5) is 0. The van der Waals surface area contributed by atoms with Gasteiger partial charge in [0, 0.05) is 11.5 Å². The van der Waals surface area contributed by atoms with E-state index in [1.807, 2.05) is 12.1 Å². The Labute approximate surface area is 126 Å². The predicted octanol–water partition coefficient (Wildman–Crippen LogP) is 3.11. The fraction of sp³-hybridized carbons (Fsp3) is 0.368. The topological polar surface area (TPSA) is 32.3 Å². The Kier molecular flexibility index (Phi) is 4.09. The number of hydrogen-bond donors (Lipinski definition) is 2. The van der Waals surface area contributed by atoms with Crippen LogP contribution in [0.3, 0.4) is 0 Å². The summed E-state index contributed by atoms with van der Waals surface area (Å²) >= 11 is 0. The van der Waals surface area contributed by atoms with E-state index < -0.39 is 0 Å². The lowest BCUT2D eigenvalue weighted by Gasteiger charge is -2.39. The fourth-order valence-electron chi connectivity index (χ4n) is 3.21. The van der Waals surface area contributed by atoms with Gasteiger partial charge in [-0.15, -0.1) is 0 Å². The monoisotopic (exact) mass is 281 g/mol. The molecule has 0 bridgehead atoms. The second kappa shape index (κ2) is 6.00. The van der Waals surface area contributed by atoms with Gasteiger partial charge in [-0.3, -0.25) is 0 Å². The minimum atomic E-state index is -0.316. The number of rotatable bonds is 5. The largest absolute Gasteiger partial charge is 0.391 e. The van der Waals surface area contributed by atoms with E-state index >= 15 is 0 Å². The van der Waals surface area contributed by atoms with Gasteiger partial charge in [0.25, 0.3) is 0 Å². The molecule has 0 radical (unpaired) electrons. The third-order valence-corrected chi connectivity index (χ3v) is 4.77. The summed E-state index contributed by atoms with van der Waals surface area (Å²) in [6.45, 7) is 3.26. The molecule has 0 spiro atoms. The molecule has 2 N–H and O–H groups in total. The summed E-state index contributed by atoms with van der Waals surface area (Å²) in [6, 6.07) is 21.3. The minimum absolute atomic E-state index is 0.167. The first-order valence-corrected chi connectivity index (χ1v) is 7.73. The van der Waals surface area contributed by atoms with Gasteiger partial charge in [-0.1, -0.05) is 67.6 Å². The highest BCUT2D eigenvalue weighted by atomic mass is 16.3. The van der Waals surface area contributed by atoms with Gasteiger partial charge >= 0.3 is 0 Å². The van der Waals surface area contributed by atoms with E-state index in [9.17, 15) is 5.11 Å². The summed E-state index contributed by atoms with van der Waals surface area (Å²) in [5.41, 5.74) is 2.35. The molecule has 2 nitrogen and oxygen atoms in total. The molecule has 0 aliphatic carbocycles. The molecule has 1 saturated heterocycles. The number of hydrogen-bond acceptors (Lipinski definition) is 2. The average Bonchev–Trinajstić information content (AvgIpc) is 2.47. The standard InChI is InChI=1S/C19H23NO/c1-19(15-8-4-2-5-9-15,16-10-6-3-7-11-16)14-18(21)17-12-13-20-17/h2-11,17-18,20-21H,12-14H2,1H3/t17-,18+/m0/s1. The van der Waals surface area contributed by atoms with Crippen LogP contribution in [-0.2, 0) is 5.41 Å². The molecule has 2 aromatic carbocycles. The molecular formula is C19H23NO. The van der Waals surface area contributed by atoms with Gasteiger partial charge in [0.05, 0.1) is 6.10 Å². The van der Waals surface area contributed by atoms with E-state index in [4.69, 9.17) is 0 Å². The molecule has 0 aromatic heterocycles. The van der Waals surface area contributed by atoms with Crippen molar-refractivity contribution in [3.63, 3.8) is 0 Å². The summed E-state index contributed by atoms with van der Waals surface area (Å²) in [5.74, 6) is 0. The van der Waals surface area contributed by atoms with Crippen molar-refractivity contribution in [2.75, 3.05) is 6.54 Å².